The molecule has 0 unspecified atom stereocenters. The standard InChI is InChI=1S/C31H40N2O6.C29H36N2O5.C27H34N2O2/c1-7-32(8-2)28(34)23-14-12-22(13-15-23)24-20-31(16-18-33(19-17-31)29(35)39-30(3,4)5)38-26-11-9-10-25(27(24)26)37-21-36-6;1-6-30(7-2)26(33)21-10-8-20(9-11-21)24-19-29(35-25-13-12-22(32)18-23(24)25)14-16-31(17-15-29)27(34)36-28(3,4)5;1-6-29(7-2)26(30)22-10-8-21(9-11-22)23-17-27(12-14-28-15-13-27)31-24-16-18(3)19(4)20(5)25(23)24/h9-15,20H,7-8,16-19,21H2,1-6H3;8-13,18-19,32H,6-7,14-17H2,1-5H3;8-11,16-17,28H,6-7,12-15H2,1-5H3. The van der Waals surface area contributed by atoms with Crippen molar-refractivity contribution in [3.05, 3.63) is 200 Å². The lowest BCUT2D eigenvalue weighted by Crippen LogP contribution is -2.50. The highest BCUT2D eigenvalue weighted by Gasteiger charge is 2.44. The first-order valence-corrected chi connectivity index (χ1v) is 37.8. The van der Waals surface area contributed by atoms with Gasteiger partial charge in [-0.25, -0.2) is 9.59 Å². The molecule has 0 aliphatic carbocycles. The first-order valence-electron chi connectivity index (χ1n) is 37.8. The topological polar surface area (TPSA) is 198 Å². The zero-order valence-corrected chi connectivity index (χ0v) is 65.2. The number of likely N-dealkylation sites (tertiary alicyclic amines) is 2. The number of hydrogen-bond donors (Lipinski definition) is 2. The van der Waals surface area contributed by atoms with Gasteiger partial charge in [0.2, 0.25) is 0 Å². The van der Waals surface area contributed by atoms with E-state index in [2.05, 4.69) is 62.5 Å². The molecular formula is C87H110N6O13. The van der Waals surface area contributed by atoms with Crippen molar-refractivity contribution in [2.45, 2.75) is 170 Å². The number of phenols is 1. The van der Waals surface area contributed by atoms with Gasteiger partial charge in [-0.05, 0) is 258 Å². The molecule has 0 bridgehead atoms. The summed E-state index contributed by atoms with van der Waals surface area (Å²) in [6, 6.07) is 36.5. The average molecular weight is 1450 g/mol. The predicted octanol–water partition coefficient (Wildman–Crippen LogP) is 16.3. The first-order chi connectivity index (χ1) is 50.5. The maximum atomic E-state index is 12.9. The summed E-state index contributed by atoms with van der Waals surface area (Å²) in [4.78, 5) is 72.6. The fraction of sp³-hybridized carbons (Fsp3) is 0.460. The van der Waals surface area contributed by atoms with Crippen molar-refractivity contribution in [1.29, 1.82) is 0 Å². The second-order valence-corrected chi connectivity index (χ2v) is 30.2. The lowest BCUT2D eigenvalue weighted by molar-refractivity contribution is -0.00247. The van der Waals surface area contributed by atoms with Crippen LogP contribution in [0.4, 0.5) is 9.59 Å². The Labute approximate surface area is 627 Å². The minimum absolute atomic E-state index is 0.0107. The molecule has 3 spiro atoms. The van der Waals surface area contributed by atoms with Crippen LogP contribution in [-0.2, 0) is 14.2 Å². The van der Waals surface area contributed by atoms with E-state index in [1.165, 1.54) is 27.8 Å². The Hall–Kier alpha value is -9.59. The highest BCUT2D eigenvalue weighted by atomic mass is 16.7. The molecule has 566 valence electrons. The van der Waals surface area contributed by atoms with Crippen LogP contribution in [-0.4, -0.2) is 180 Å². The molecule has 5 amide bonds. The number of methoxy groups -OCH3 is 1. The SMILES string of the molecule is CCN(CC)C(=O)c1ccc(C2=CC3(CCN(C(=O)OC(C)(C)C)CC3)Oc3ccc(O)cc32)cc1.CCN(CC)C(=O)c1ccc(C2=CC3(CCN(C(=O)OC(C)(C)C)CC3)Oc3cccc(OCOC)c32)cc1.CCN(CC)C(=O)c1ccc(C2=CC3(CCNCC3)Oc3cc(C)c(C)c(C)c32)cc1. The minimum Gasteiger partial charge on any atom is -0.508 e. The molecule has 19 nitrogen and oxygen atoms in total. The summed E-state index contributed by atoms with van der Waals surface area (Å²) in [6.07, 6.45) is 10.4. The third kappa shape index (κ3) is 18.1. The van der Waals surface area contributed by atoms with E-state index in [1.54, 1.807) is 40.0 Å². The smallest absolute Gasteiger partial charge is 0.410 e. The van der Waals surface area contributed by atoms with Crippen LogP contribution in [0, 0.1) is 20.8 Å². The van der Waals surface area contributed by atoms with Gasteiger partial charge < -0.3 is 68.1 Å². The van der Waals surface area contributed by atoms with Gasteiger partial charge in [-0.15, -0.1) is 0 Å². The molecule has 106 heavy (non-hydrogen) atoms. The van der Waals surface area contributed by atoms with Gasteiger partial charge >= 0.3 is 12.2 Å². The van der Waals surface area contributed by atoms with Crippen LogP contribution in [0.5, 0.6) is 28.7 Å². The number of nitrogens with zero attached hydrogens (tertiary/aromatic N) is 5. The van der Waals surface area contributed by atoms with Gasteiger partial charge in [0, 0.05) is 139 Å². The van der Waals surface area contributed by atoms with E-state index in [1.807, 2.05) is 172 Å². The van der Waals surface area contributed by atoms with Crippen molar-refractivity contribution in [3.8, 4) is 28.7 Å². The van der Waals surface area contributed by atoms with Crippen molar-refractivity contribution in [1.82, 2.24) is 29.8 Å². The van der Waals surface area contributed by atoms with Gasteiger partial charge in [0.25, 0.3) is 17.7 Å². The minimum atomic E-state index is -0.587. The summed E-state index contributed by atoms with van der Waals surface area (Å²) < 4.78 is 42.0. The molecule has 6 aliphatic rings. The third-order valence-electron chi connectivity index (χ3n) is 20.9. The Morgan fingerprint density at radius 1 is 0.481 bits per heavy atom. The number of nitrogens with one attached hydrogen (secondary N) is 1. The maximum absolute atomic E-state index is 12.9. The summed E-state index contributed by atoms with van der Waals surface area (Å²) in [7, 11) is 1.59. The Morgan fingerprint density at radius 3 is 1.30 bits per heavy atom. The lowest BCUT2D eigenvalue weighted by Gasteiger charge is -2.43. The zero-order chi connectivity index (χ0) is 76.5. The maximum Gasteiger partial charge on any atom is 0.410 e. The second-order valence-electron chi connectivity index (χ2n) is 30.2. The number of carbonyl (C=O) groups excluding carboxylic acids is 5. The summed E-state index contributed by atoms with van der Waals surface area (Å²) in [5.74, 6) is 3.34. The summed E-state index contributed by atoms with van der Waals surface area (Å²) in [5.41, 5.74) is 12.4. The van der Waals surface area contributed by atoms with Crippen LogP contribution >= 0.6 is 0 Å². The number of hydrogen-bond acceptors (Lipinski definition) is 14. The number of piperidine rings is 3. The van der Waals surface area contributed by atoms with Crippen LogP contribution in [0.2, 0.25) is 0 Å². The Bertz CT molecular complexity index is 4220. The van der Waals surface area contributed by atoms with Crippen molar-refractivity contribution < 1.29 is 62.2 Å². The fourth-order valence-corrected chi connectivity index (χ4v) is 14.7. The number of phenolic OH excluding ortho intramolecular Hbond substituents is 1. The average Bonchev–Trinajstić information content (AvgIpc) is 0.755. The van der Waals surface area contributed by atoms with E-state index in [0.29, 0.717) is 101 Å². The number of carbonyl (C=O) groups is 5. The van der Waals surface area contributed by atoms with Gasteiger partial charge in [-0.1, -0.05) is 42.5 Å². The van der Waals surface area contributed by atoms with Crippen molar-refractivity contribution in [3.63, 3.8) is 0 Å². The van der Waals surface area contributed by atoms with E-state index >= 15 is 0 Å². The van der Waals surface area contributed by atoms with Gasteiger partial charge in [0.1, 0.15) is 56.8 Å². The molecule has 6 heterocycles. The van der Waals surface area contributed by atoms with Crippen LogP contribution < -0.4 is 24.3 Å². The molecule has 3 saturated heterocycles. The quantitative estimate of drug-likeness (QED) is 0.0920. The van der Waals surface area contributed by atoms with Gasteiger partial charge in [-0.3, -0.25) is 14.4 Å². The molecule has 2 N–H and O–H groups in total. The largest absolute Gasteiger partial charge is 0.508 e. The van der Waals surface area contributed by atoms with E-state index in [9.17, 15) is 29.1 Å². The molecule has 6 aliphatic heterocycles. The van der Waals surface area contributed by atoms with E-state index in [-0.39, 0.29) is 48.1 Å². The third-order valence-corrected chi connectivity index (χ3v) is 20.9. The number of rotatable bonds is 15. The number of aryl methyl sites for hydroxylation is 1. The first kappa shape index (κ1) is 79.0. The zero-order valence-electron chi connectivity index (χ0n) is 65.2. The Balaban J connectivity index is 0.000000171. The summed E-state index contributed by atoms with van der Waals surface area (Å²) in [6.45, 7) is 37.9. The van der Waals surface area contributed by atoms with E-state index in [4.69, 9.17) is 33.2 Å². The number of fused-ring (bicyclic) bond motifs is 3. The fourth-order valence-electron chi connectivity index (χ4n) is 14.7. The van der Waals surface area contributed by atoms with E-state index in [0.717, 1.165) is 95.0 Å². The molecule has 0 aromatic heterocycles. The van der Waals surface area contributed by atoms with Crippen LogP contribution in [0.15, 0.2) is 133 Å². The Morgan fingerprint density at radius 2 is 0.877 bits per heavy atom. The van der Waals surface area contributed by atoms with E-state index < -0.39 is 22.4 Å². The highest BCUT2D eigenvalue weighted by molar-refractivity contribution is 5.98. The van der Waals surface area contributed by atoms with Crippen molar-refractivity contribution in [2.24, 2.45) is 0 Å². The molecule has 6 aromatic carbocycles. The van der Waals surface area contributed by atoms with Crippen LogP contribution in [0.1, 0.15) is 203 Å². The second kappa shape index (κ2) is 33.5. The normalized spacial score (nSPS) is 16.5. The summed E-state index contributed by atoms with van der Waals surface area (Å²) >= 11 is 0. The summed E-state index contributed by atoms with van der Waals surface area (Å²) in [5, 5.41) is 13.6. The molecule has 0 radical (unpaired) electrons. The monoisotopic (exact) mass is 1450 g/mol. The van der Waals surface area contributed by atoms with Crippen LogP contribution in [0.3, 0.4) is 0 Å². The predicted molar refractivity (Wildman–Crippen MR) is 416 cm³/mol. The van der Waals surface area contributed by atoms with Gasteiger partial charge in [0.15, 0.2) is 6.79 Å². The Kier molecular flexibility index (Phi) is 24.9. The molecular weight excluding hydrogens is 1340 g/mol. The number of ether oxygens (including phenoxy) is 7. The van der Waals surface area contributed by atoms with Gasteiger partial charge in [0.05, 0.1) is 5.56 Å². The number of benzene rings is 6. The molecule has 0 atom stereocenters. The van der Waals surface area contributed by atoms with Crippen LogP contribution in [0.25, 0.3) is 16.7 Å². The van der Waals surface area contributed by atoms with Crippen molar-refractivity contribution >= 4 is 46.6 Å². The van der Waals surface area contributed by atoms with Crippen molar-refractivity contribution in [2.75, 3.05) is 92.4 Å². The lowest BCUT2D eigenvalue weighted by atomic mass is 9.80. The number of aromatic hydroxyl groups is 1. The highest BCUT2D eigenvalue weighted by Crippen LogP contribution is 2.50. The molecule has 12 rings (SSSR count). The molecule has 6 aromatic rings. The number of amides is 5. The molecule has 3 fully saturated rings. The molecule has 0 saturated carbocycles. The van der Waals surface area contributed by atoms with Gasteiger partial charge in [-0.2, -0.15) is 0 Å². The molecule has 19 heteroatoms.